The van der Waals surface area contributed by atoms with Gasteiger partial charge in [-0.1, -0.05) is 24.6 Å². The monoisotopic (exact) mass is 408 g/mol. The Hall–Kier alpha value is -1.56. The number of carbonyl (C=O) groups is 1. The van der Waals surface area contributed by atoms with E-state index in [9.17, 15) is 4.79 Å². The maximum Gasteiger partial charge on any atom is 0.255 e. The molecular weight excluding hydrogens is 383 g/mol. The smallest absolute Gasteiger partial charge is 0.255 e. The molecule has 2 aliphatic rings. The van der Waals surface area contributed by atoms with Gasteiger partial charge in [0, 0.05) is 23.5 Å². The molecule has 146 valence electrons. The van der Waals surface area contributed by atoms with Crippen molar-refractivity contribution < 1.29 is 4.79 Å². The van der Waals surface area contributed by atoms with Crippen LogP contribution in [0.2, 0.25) is 5.02 Å². The first-order valence-electron chi connectivity index (χ1n) is 9.40. The van der Waals surface area contributed by atoms with E-state index in [1.165, 1.54) is 0 Å². The SMILES string of the molecule is Cc1ccc(-n2ncc(C(=O)NC3CNCCC3C)c2C2CC2)cc1Cl.Cl. The second-order valence-corrected chi connectivity index (χ2v) is 8.02. The first-order chi connectivity index (χ1) is 12.5. The third-order valence-corrected chi connectivity index (χ3v) is 5.97. The van der Waals surface area contributed by atoms with Crippen molar-refractivity contribution in [2.45, 2.75) is 45.1 Å². The minimum atomic E-state index is -0.0168. The van der Waals surface area contributed by atoms with Crippen molar-refractivity contribution >= 4 is 29.9 Å². The van der Waals surface area contributed by atoms with Gasteiger partial charge in [-0.3, -0.25) is 4.79 Å². The fourth-order valence-corrected chi connectivity index (χ4v) is 3.81. The van der Waals surface area contributed by atoms with Crippen LogP contribution in [0, 0.1) is 12.8 Å². The van der Waals surface area contributed by atoms with Crippen LogP contribution < -0.4 is 10.6 Å². The molecule has 5 nitrogen and oxygen atoms in total. The summed E-state index contributed by atoms with van der Waals surface area (Å²) in [5.74, 6) is 0.868. The van der Waals surface area contributed by atoms with Crippen LogP contribution in [0.25, 0.3) is 5.69 Å². The number of hydrogen-bond donors (Lipinski definition) is 2. The zero-order valence-electron chi connectivity index (χ0n) is 15.7. The molecule has 1 aromatic heterocycles. The van der Waals surface area contributed by atoms with E-state index < -0.39 is 0 Å². The van der Waals surface area contributed by atoms with E-state index >= 15 is 0 Å². The average molecular weight is 409 g/mol. The molecule has 0 spiro atoms. The van der Waals surface area contributed by atoms with Gasteiger partial charge in [0.05, 0.1) is 23.1 Å². The van der Waals surface area contributed by atoms with Crippen LogP contribution in [0.15, 0.2) is 24.4 Å². The Bertz CT molecular complexity index is 831. The maximum atomic E-state index is 13.0. The molecule has 27 heavy (non-hydrogen) atoms. The van der Waals surface area contributed by atoms with Crippen molar-refractivity contribution in [2.75, 3.05) is 13.1 Å². The van der Waals surface area contributed by atoms with Crippen LogP contribution in [0.4, 0.5) is 0 Å². The predicted molar refractivity (Wildman–Crippen MR) is 110 cm³/mol. The molecule has 2 heterocycles. The van der Waals surface area contributed by atoms with Crippen LogP contribution in [-0.4, -0.2) is 34.8 Å². The molecule has 2 fully saturated rings. The Morgan fingerprint density at radius 2 is 2.11 bits per heavy atom. The van der Waals surface area contributed by atoms with E-state index in [4.69, 9.17) is 11.6 Å². The summed E-state index contributed by atoms with van der Waals surface area (Å²) in [6.07, 6.45) is 5.00. The van der Waals surface area contributed by atoms with E-state index in [1.807, 2.05) is 29.8 Å². The summed E-state index contributed by atoms with van der Waals surface area (Å²) in [6, 6.07) is 6.09. The zero-order chi connectivity index (χ0) is 18.3. The summed E-state index contributed by atoms with van der Waals surface area (Å²) in [5.41, 5.74) is 3.65. The maximum absolute atomic E-state index is 13.0. The van der Waals surface area contributed by atoms with Gasteiger partial charge in [-0.2, -0.15) is 5.10 Å². The quantitative estimate of drug-likeness (QED) is 0.806. The minimum absolute atomic E-state index is 0. The number of carbonyl (C=O) groups excluding carboxylic acids is 1. The van der Waals surface area contributed by atoms with Crippen molar-refractivity contribution in [1.82, 2.24) is 20.4 Å². The van der Waals surface area contributed by atoms with Crippen molar-refractivity contribution in [1.29, 1.82) is 0 Å². The van der Waals surface area contributed by atoms with Crippen molar-refractivity contribution in [3.63, 3.8) is 0 Å². The number of nitrogens with one attached hydrogen (secondary N) is 2. The third kappa shape index (κ3) is 4.15. The first kappa shape index (κ1) is 20.2. The molecule has 1 saturated carbocycles. The van der Waals surface area contributed by atoms with Gasteiger partial charge in [-0.05, 0) is 56.3 Å². The number of aryl methyl sites for hydroxylation is 1. The number of halogens is 2. The Morgan fingerprint density at radius 3 is 2.78 bits per heavy atom. The summed E-state index contributed by atoms with van der Waals surface area (Å²) in [7, 11) is 0. The molecular formula is C20H26Cl2N4O. The lowest BCUT2D eigenvalue weighted by atomic mass is 9.94. The van der Waals surface area contributed by atoms with Crippen LogP contribution in [0.1, 0.15) is 53.7 Å². The van der Waals surface area contributed by atoms with Gasteiger partial charge in [-0.25, -0.2) is 4.68 Å². The zero-order valence-corrected chi connectivity index (χ0v) is 17.2. The first-order valence-corrected chi connectivity index (χ1v) is 9.78. The molecule has 2 unspecified atom stereocenters. The molecule has 0 radical (unpaired) electrons. The number of piperidine rings is 1. The predicted octanol–water partition coefficient (Wildman–Crippen LogP) is 3.86. The topological polar surface area (TPSA) is 59.0 Å². The number of rotatable bonds is 4. The van der Waals surface area contributed by atoms with Crippen LogP contribution >= 0.6 is 24.0 Å². The fourth-order valence-electron chi connectivity index (χ4n) is 3.63. The Morgan fingerprint density at radius 1 is 1.33 bits per heavy atom. The molecule has 1 amide bonds. The average Bonchev–Trinajstić information content (AvgIpc) is 3.37. The molecule has 1 saturated heterocycles. The molecule has 1 aliphatic carbocycles. The Balaban J connectivity index is 0.00000210. The summed E-state index contributed by atoms with van der Waals surface area (Å²) < 4.78 is 1.89. The van der Waals surface area contributed by atoms with E-state index in [1.54, 1.807) is 6.20 Å². The summed E-state index contributed by atoms with van der Waals surface area (Å²) >= 11 is 6.30. The lowest BCUT2D eigenvalue weighted by Crippen LogP contribution is -2.50. The largest absolute Gasteiger partial charge is 0.348 e. The van der Waals surface area contributed by atoms with Crippen molar-refractivity contribution in [3.05, 3.63) is 46.2 Å². The van der Waals surface area contributed by atoms with Gasteiger partial charge >= 0.3 is 0 Å². The lowest BCUT2D eigenvalue weighted by Gasteiger charge is -2.30. The van der Waals surface area contributed by atoms with Crippen LogP contribution in [0.3, 0.4) is 0 Å². The Labute approximate surface area is 171 Å². The summed E-state index contributed by atoms with van der Waals surface area (Å²) in [4.78, 5) is 13.0. The third-order valence-electron chi connectivity index (χ3n) is 5.56. The minimum Gasteiger partial charge on any atom is -0.348 e. The highest BCUT2D eigenvalue weighted by Gasteiger charge is 2.34. The van der Waals surface area contributed by atoms with Gasteiger partial charge < -0.3 is 10.6 Å². The number of hydrogen-bond acceptors (Lipinski definition) is 3. The van der Waals surface area contributed by atoms with E-state index in [0.29, 0.717) is 22.4 Å². The molecule has 0 bridgehead atoms. The van der Waals surface area contributed by atoms with E-state index in [-0.39, 0.29) is 24.4 Å². The highest BCUT2D eigenvalue weighted by atomic mass is 35.5. The molecule has 4 rings (SSSR count). The number of nitrogens with zero attached hydrogens (tertiary/aromatic N) is 2. The Kier molecular flexibility index (Phi) is 6.14. The van der Waals surface area contributed by atoms with Gasteiger partial charge in [0.1, 0.15) is 0 Å². The summed E-state index contributed by atoms with van der Waals surface area (Å²) in [5, 5.41) is 11.8. The van der Waals surface area contributed by atoms with Gasteiger partial charge in [-0.15, -0.1) is 12.4 Å². The second kappa shape index (κ2) is 8.21. The summed E-state index contributed by atoms with van der Waals surface area (Å²) in [6.45, 7) is 6.03. The highest BCUT2D eigenvalue weighted by molar-refractivity contribution is 6.31. The molecule has 2 atom stereocenters. The van der Waals surface area contributed by atoms with Gasteiger partial charge in [0.15, 0.2) is 0 Å². The highest BCUT2D eigenvalue weighted by Crippen LogP contribution is 2.42. The number of amides is 1. The fraction of sp³-hybridized carbons (Fsp3) is 0.500. The van der Waals surface area contributed by atoms with E-state index in [2.05, 4.69) is 22.7 Å². The van der Waals surface area contributed by atoms with E-state index in [0.717, 1.165) is 49.3 Å². The standard InChI is InChI=1S/C20H25ClN4O.ClH/c1-12-3-6-15(9-17(12)21)25-19(14-4-5-14)16(10-23-25)20(26)24-18-11-22-8-7-13(18)2;/h3,6,9-10,13-14,18,22H,4-5,7-8,11H2,1-2H3,(H,24,26);1H. The molecule has 1 aromatic carbocycles. The van der Waals surface area contributed by atoms with Crippen LogP contribution in [0.5, 0.6) is 0 Å². The van der Waals surface area contributed by atoms with Crippen molar-refractivity contribution in [3.8, 4) is 5.69 Å². The normalized spacial score (nSPS) is 22.2. The van der Waals surface area contributed by atoms with Gasteiger partial charge in [0.25, 0.3) is 5.91 Å². The van der Waals surface area contributed by atoms with Gasteiger partial charge in [0.2, 0.25) is 0 Å². The number of aromatic nitrogens is 2. The lowest BCUT2D eigenvalue weighted by molar-refractivity contribution is 0.0914. The molecule has 2 N–H and O–H groups in total. The molecule has 1 aliphatic heterocycles. The molecule has 2 aromatic rings. The number of benzene rings is 1. The second-order valence-electron chi connectivity index (χ2n) is 7.61. The van der Waals surface area contributed by atoms with Crippen molar-refractivity contribution in [2.24, 2.45) is 5.92 Å². The van der Waals surface area contributed by atoms with Crippen LogP contribution in [-0.2, 0) is 0 Å². The molecule has 7 heteroatoms.